The molecule has 0 radical (unpaired) electrons. The van der Waals surface area contributed by atoms with Crippen LogP contribution in [0.5, 0.6) is 0 Å². The van der Waals surface area contributed by atoms with Crippen molar-refractivity contribution in [3.05, 3.63) is 24.5 Å². The molecular formula is C10H15BrN2O2S. The molecule has 0 aliphatic heterocycles. The fraction of sp³-hybridized carbons (Fsp3) is 0.500. The first-order chi connectivity index (χ1) is 7.60. The smallest absolute Gasteiger partial charge is 0.242 e. The summed E-state index contributed by atoms with van der Waals surface area (Å²) in [5, 5.41) is 0.779. The lowest BCUT2D eigenvalue weighted by Gasteiger charge is -2.15. The van der Waals surface area contributed by atoms with Crippen LogP contribution < -0.4 is 4.72 Å². The molecule has 0 amide bonds. The molecule has 1 unspecified atom stereocenters. The molecule has 0 aromatic carbocycles. The van der Waals surface area contributed by atoms with Gasteiger partial charge in [0.1, 0.15) is 4.90 Å². The van der Waals surface area contributed by atoms with Crippen molar-refractivity contribution in [1.29, 1.82) is 0 Å². The number of rotatable bonds is 6. The van der Waals surface area contributed by atoms with E-state index in [4.69, 9.17) is 0 Å². The van der Waals surface area contributed by atoms with Gasteiger partial charge in [-0.25, -0.2) is 13.1 Å². The minimum atomic E-state index is -3.43. The van der Waals surface area contributed by atoms with E-state index in [1.807, 2.05) is 6.92 Å². The Labute approximate surface area is 105 Å². The number of aromatic nitrogens is 1. The van der Waals surface area contributed by atoms with Gasteiger partial charge in [-0.15, -0.1) is 0 Å². The minimum Gasteiger partial charge on any atom is -0.263 e. The van der Waals surface area contributed by atoms with Crippen molar-refractivity contribution < 1.29 is 8.42 Å². The van der Waals surface area contributed by atoms with Gasteiger partial charge in [-0.05, 0) is 25.0 Å². The second kappa shape index (κ2) is 6.32. The molecule has 0 saturated carbocycles. The van der Waals surface area contributed by atoms with Crippen LogP contribution in [-0.4, -0.2) is 24.8 Å². The van der Waals surface area contributed by atoms with E-state index in [9.17, 15) is 8.42 Å². The van der Waals surface area contributed by atoms with E-state index in [1.165, 1.54) is 12.3 Å². The molecule has 0 fully saturated rings. The predicted molar refractivity (Wildman–Crippen MR) is 67.0 cm³/mol. The van der Waals surface area contributed by atoms with Crippen LogP contribution in [-0.2, 0) is 10.0 Å². The number of alkyl halides is 1. The zero-order valence-corrected chi connectivity index (χ0v) is 11.5. The molecule has 1 heterocycles. The molecule has 4 nitrogen and oxygen atoms in total. The summed E-state index contributed by atoms with van der Waals surface area (Å²) >= 11 is 3.31. The predicted octanol–water partition coefficient (Wildman–Crippen LogP) is 1.92. The van der Waals surface area contributed by atoms with Crippen molar-refractivity contribution in [2.24, 2.45) is 0 Å². The first-order valence-corrected chi connectivity index (χ1v) is 7.69. The number of hydrogen-bond donors (Lipinski definition) is 1. The van der Waals surface area contributed by atoms with Crippen LogP contribution in [0.1, 0.15) is 19.8 Å². The third-order valence-corrected chi connectivity index (χ3v) is 4.18. The number of nitrogens with one attached hydrogen (secondary N) is 1. The van der Waals surface area contributed by atoms with Crippen molar-refractivity contribution in [3.63, 3.8) is 0 Å². The van der Waals surface area contributed by atoms with Crippen molar-refractivity contribution >= 4 is 26.0 Å². The maximum atomic E-state index is 11.9. The van der Waals surface area contributed by atoms with Gasteiger partial charge in [0.25, 0.3) is 0 Å². The van der Waals surface area contributed by atoms with Gasteiger partial charge >= 0.3 is 0 Å². The van der Waals surface area contributed by atoms with Gasteiger partial charge in [0.05, 0.1) is 0 Å². The molecule has 1 rings (SSSR count). The molecular weight excluding hydrogens is 292 g/mol. The Balaban J connectivity index is 2.79. The maximum Gasteiger partial charge on any atom is 0.242 e. The number of halogens is 1. The summed E-state index contributed by atoms with van der Waals surface area (Å²) in [6.45, 7) is 1.96. The lowest BCUT2D eigenvalue weighted by molar-refractivity contribution is 0.532. The molecule has 1 aromatic rings. The Hall–Kier alpha value is -0.460. The normalized spacial score (nSPS) is 13.6. The number of pyridine rings is 1. The van der Waals surface area contributed by atoms with E-state index in [2.05, 4.69) is 25.6 Å². The highest BCUT2D eigenvalue weighted by Crippen LogP contribution is 2.09. The second-order valence-corrected chi connectivity index (χ2v) is 5.90. The van der Waals surface area contributed by atoms with Gasteiger partial charge in [0.2, 0.25) is 10.0 Å². The highest BCUT2D eigenvalue weighted by Gasteiger charge is 2.18. The van der Waals surface area contributed by atoms with E-state index in [-0.39, 0.29) is 10.9 Å². The van der Waals surface area contributed by atoms with Crippen LogP contribution >= 0.6 is 15.9 Å². The van der Waals surface area contributed by atoms with Crippen molar-refractivity contribution in [2.75, 3.05) is 5.33 Å². The summed E-state index contributed by atoms with van der Waals surface area (Å²) in [4.78, 5) is 4.01. The molecule has 1 atom stereocenters. The fourth-order valence-electron chi connectivity index (χ4n) is 1.27. The monoisotopic (exact) mass is 306 g/mol. The largest absolute Gasteiger partial charge is 0.263 e. The van der Waals surface area contributed by atoms with Crippen LogP contribution in [0.3, 0.4) is 0 Å². The number of nitrogens with zero attached hydrogens (tertiary/aromatic N) is 1. The molecule has 0 saturated heterocycles. The van der Waals surface area contributed by atoms with E-state index in [1.54, 1.807) is 12.3 Å². The Kier molecular flexibility index (Phi) is 5.37. The van der Waals surface area contributed by atoms with Crippen molar-refractivity contribution in [1.82, 2.24) is 9.71 Å². The summed E-state index contributed by atoms with van der Waals surface area (Å²) in [6.07, 6.45) is 4.44. The quantitative estimate of drug-likeness (QED) is 0.817. The average molecular weight is 307 g/mol. The summed E-state index contributed by atoms with van der Waals surface area (Å²) < 4.78 is 26.5. The van der Waals surface area contributed by atoms with Gasteiger partial charge in [-0.1, -0.05) is 22.9 Å². The maximum absolute atomic E-state index is 11.9. The Morgan fingerprint density at radius 1 is 1.56 bits per heavy atom. The Morgan fingerprint density at radius 2 is 2.31 bits per heavy atom. The van der Waals surface area contributed by atoms with E-state index in [0.29, 0.717) is 0 Å². The first kappa shape index (κ1) is 13.6. The minimum absolute atomic E-state index is 0.0374. The molecule has 6 heteroatoms. The zero-order chi connectivity index (χ0) is 12.0. The molecule has 0 bridgehead atoms. The van der Waals surface area contributed by atoms with Gasteiger partial charge in [0, 0.05) is 23.8 Å². The molecule has 0 spiro atoms. The van der Waals surface area contributed by atoms with Gasteiger partial charge in [-0.3, -0.25) is 4.98 Å². The second-order valence-electron chi connectivity index (χ2n) is 3.39. The van der Waals surface area contributed by atoms with E-state index < -0.39 is 10.0 Å². The summed E-state index contributed by atoms with van der Waals surface area (Å²) in [6, 6.07) is 3.11. The standard InChI is InChI=1S/C10H15BrN2O2S/c1-2-9(5-6-11)13-16(14,15)10-4-3-7-12-8-10/h3-4,7-9,13H,2,5-6H2,1H3. The van der Waals surface area contributed by atoms with Gasteiger partial charge in [0.15, 0.2) is 0 Å². The zero-order valence-electron chi connectivity index (χ0n) is 9.06. The third-order valence-electron chi connectivity index (χ3n) is 2.22. The summed E-state index contributed by atoms with van der Waals surface area (Å²) in [7, 11) is -3.43. The average Bonchev–Trinajstić information content (AvgIpc) is 2.29. The fourth-order valence-corrected chi connectivity index (χ4v) is 3.14. The summed E-state index contributed by atoms with van der Waals surface area (Å²) in [5.41, 5.74) is 0. The molecule has 0 aliphatic carbocycles. The van der Waals surface area contributed by atoms with Crippen LogP contribution in [0.25, 0.3) is 0 Å². The van der Waals surface area contributed by atoms with E-state index >= 15 is 0 Å². The highest BCUT2D eigenvalue weighted by molar-refractivity contribution is 9.09. The molecule has 16 heavy (non-hydrogen) atoms. The highest BCUT2D eigenvalue weighted by atomic mass is 79.9. The van der Waals surface area contributed by atoms with Crippen molar-refractivity contribution in [2.45, 2.75) is 30.7 Å². The molecule has 1 N–H and O–H groups in total. The lowest BCUT2D eigenvalue weighted by Crippen LogP contribution is -2.34. The van der Waals surface area contributed by atoms with Crippen molar-refractivity contribution in [3.8, 4) is 0 Å². The third kappa shape index (κ3) is 3.84. The summed E-state index contributed by atoms with van der Waals surface area (Å²) in [5.74, 6) is 0. The van der Waals surface area contributed by atoms with Gasteiger partial charge in [-0.2, -0.15) is 0 Å². The molecule has 90 valence electrons. The molecule has 1 aromatic heterocycles. The van der Waals surface area contributed by atoms with Crippen LogP contribution in [0.15, 0.2) is 29.4 Å². The first-order valence-electron chi connectivity index (χ1n) is 5.08. The van der Waals surface area contributed by atoms with Crippen LogP contribution in [0.2, 0.25) is 0 Å². The van der Waals surface area contributed by atoms with E-state index in [0.717, 1.165) is 18.2 Å². The number of hydrogen-bond acceptors (Lipinski definition) is 3. The SMILES string of the molecule is CCC(CCBr)NS(=O)(=O)c1cccnc1. The van der Waals surface area contributed by atoms with Crippen LogP contribution in [0, 0.1) is 0 Å². The van der Waals surface area contributed by atoms with Gasteiger partial charge < -0.3 is 0 Å². The topological polar surface area (TPSA) is 59.1 Å². The number of sulfonamides is 1. The Bertz CT molecular complexity index is 408. The van der Waals surface area contributed by atoms with Crippen LogP contribution in [0.4, 0.5) is 0 Å². The lowest BCUT2D eigenvalue weighted by atomic mass is 10.2. The molecule has 0 aliphatic rings. The Morgan fingerprint density at radius 3 is 2.81 bits per heavy atom.